The van der Waals surface area contributed by atoms with Crippen molar-refractivity contribution >= 4 is 17.3 Å². The number of hydrogen-bond donors (Lipinski definition) is 1. The quantitative estimate of drug-likeness (QED) is 0.670. The molecule has 2 N–H and O–H groups in total. The van der Waals surface area contributed by atoms with Gasteiger partial charge in [-0.25, -0.2) is 0 Å². The summed E-state index contributed by atoms with van der Waals surface area (Å²) >= 11 is 5.83. The summed E-state index contributed by atoms with van der Waals surface area (Å²) < 4.78 is 0. The second-order valence-corrected chi connectivity index (χ2v) is 5.57. The smallest absolute Gasteiger partial charge is 0.288 e. The fourth-order valence-corrected chi connectivity index (χ4v) is 2.70. The third kappa shape index (κ3) is 3.46. The van der Waals surface area contributed by atoms with Gasteiger partial charge in [0.2, 0.25) is 0 Å². The number of nitrogens with zero attached hydrogens (tertiary/aromatic N) is 3. The van der Waals surface area contributed by atoms with Crippen molar-refractivity contribution in [2.45, 2.75) is 12.6 Å². The third-order valence-electron chi connectivity index (χ3n) is 3.67. The van der Waals surface area contributed by atoms with Crippen LogP contribution in [-0.4, -0.2) is 54.0 Å². The van der Waals surface area contributed by atoms with Crippen LogP contribution in [0.5, 0.6) is 0 Å². The van der Waals surface area contributed by atoms with Crippen LogP contribution in [0.4, 0.5) is 5.69 Å². The van der Waals surface area contributed by atoms with Gasteiger partial charge in [-0.15, -0.1) is 0 Å². The maximum atomic E-state index is 10.9. The molecule has 1 fully saturated rings. The minimum atomic E-state index is -0.448. The van der Waals surface area contributed by atoms with E-state index in [4.69, 9.17) is 17.3 Å². The third-order valence-corrected chi connectivity index (χ3v) is 3.99. The Bertz CT molecular complexity index is 497. The monoisotopic (exact) mass is 298 g/mol. The van der Waals surface area contributed by atoms with Gasteiger partial charge in [0, 0.05) is 44.8 Å². The van der Waals surface area contributed by atoms with E-state index in [1.54, 1.807) is 12.1 Å². The number of piperazine rings is 1. The summed E-state index contributed by atoms with van der Waals surface area (Å²) in [4.78, 5) is 15.0. The van der Waals surface area contributed by atoms with Gasteiger partial charge in [0.15, 0.2) is 0 Å². The van der Waals surface area contributed by atoms with E-state index in [1.165, 1.54) is 0 Å². The molecule has 0 aromatic heterocycles. The summed E-state index contributed by atoms with van der Waals surface area (Å²) in [5.41, 5.74) is 6.67. The van der Waals surface area contributed by atoms with Crippen molar-refractivity contribution < 1.29 is 4.92 Å². The fourth-order valence-electron chi connectivity index (χ4n) is 2.51. The number of hydrogen-bond acceptors (Lipinski definition) is 5. The standard InChI is InChI=1S/C13H19ClN4O2/c1-16-4-5-17(11(7-15)9-16)8-10-2-3-12(14)13(6-10)18(19)20/h2-3,6,11H,4-5,7-9,15H2,1H3. The molecule has 2 rings (SSSR count). The van der Waals surface area contributed by atoms with E-state index in [1.807, 2.05) is 6.07 Å². The molecule has 1 saturated heterocycles. The summed E-state index contributed by atoms with van der Waals surface area (Å²) in [6.07, 6.45) is 0. The molecule has 1 aromatic carbocycles. The lowest BCUT2D eigenvalue weighted by atomic mass is 10.1. The normalized spacial score (nSPS) is 21.1. The van der Waals surface area contributed by atoms with Crippen LogP contribution in [0.1, 0.15) is 5.56 Å². The van der Waals surface area contributed by atoms with Crippen molar-refractivity contribution in [1.29, 1.82) is 0 Å². The van der Waals surface area contributed by atoms with E-state index in [0.29, 0.717) is 13.1 Å². The summed E-state index contributed by atoms with van der Waals surface area (Å²) in [6, 6.07) is 5.25. The second-order valence-electron chi connectivity index (χ2n) is 5.17. The molecule has 6 nitrogen and oxygen atoms in total. The van der Waals surface area contributed by atoms with Crippen molar-refractivity contribution in [2.24, 2.45) is 5.73 Å². The van der Waals surface area contributed by atoms with E-state index >= 15 is 0 Å². The van der Waals surface area contributed by atoms with Crippen LogP contribution in [0.3, 0.4) is 0 Å². The number of likely N-dealkylation sites (N-methyl/N-ethyl adjacent to an activating group) is 1. The van der Waals surface area contributed by atoms with Crippen LogP contribution in [0.25, 0.3) is 0 Å². The molecule has 7 heteroatoms. The molecule has 0 saturated carbocycles. The van der Waals surface area contributed by atoms with Gasteiger partial charge in [-0.3, -0.25) is 15.0 Å². The van der Waals surface area contributed by atoms with E-state index in [2.05, 4.69) is 16.8 Å². The molecular formula is C13H19ClN4O2. The van der Waals surface area contributed by atoms with E-state index < -0.39 is 4.92 Å². The van der Waals surface area contributed by atoms with Crippen molar-refractivity contribution in [3.05, 3.63) is 38.9 Å². The van der Waals surface area contributed by atoms with Crippen molar-refractivity contribution in [3.63, 3.8) is 0 Å². The maximum absolute atomic E-state index is 10.9. The Morgan fingerprint density at radius 3 is 2.90 bits per heavy atom. The molecule has 1 heterocycles. The molecule has 1 aliphatic rings. The Balaban J connectivity index is 2.13. The Hall–Kier alpha value is -1.21. The Labute approximate surface area is 123 Å². The molecule has 1 aromatic rings. The van der Waals surface area contributed by atoms with Gasteiger partial charge in [-0.2, -0.15) is 0 Å². The molecule has 110 valence electrons. The number of nitro groups is 1. The molecule has 0 bridgehead atoms. The largest absolute Gasteiger partial charge is 0.329 e. The van der Waals surface area contributed by atoms with Gasteiger partial charge in [0.1, 0.15) is 5.02 Å². The van der Waals surface area contributed by atoms with Crippen LogP contribution >= 0.6 is 11.6 Å². The molecule has 0 spiro atoms. The van der Waals surface area contributed by atoms with Crippen LogP contribution in [-0.2, 0) is 6.54 Å². The lowest BCUT2D eigenvalue weighted by Gasteiger charge is -2.39. The van der Waals surface area contributed by atoms with Crippen LogP contribution in [0.2, 0.25) is 5.02 Å². The molecule has 1 aliphatic heterocycles. The van der Waals surface area contributed by atoms with E-state index in [-0.39, 0.29) is 16.8 Å². The van der Waals surface area contributed by atoms with Crippen LogP contribution in [0.15, 0.2) is 18.2 Å². The van der Waals surface area contributed by atoms with Crippen molar-refractivity contribution in [2.75, 3.05) is 33.2 Å². The SMILES string of the molecule is CN1CCN(Cc2ccc(Cl)c([N+](=O)[O-])c2)C(CN)C1. The zero-order valence-corrected chi connectivity index (χ0v) is 12.2. The fraction of sp³-hybridized carbons (Fsp3) is 0.538. The predicted octanol–water partition coefficient (Wildman–Crippen LogP) is 1.32. The number of rotatable bonds is 4. The average molecular weight is 299 g/mol. The van der Waals surface area contributed by atoms with Crippen molar-refractivity contribution in [1.82, 2.24) is 9.80 Å². The molecule has 0 aliphatic carbocycles. The zero-order chi connectivity index (χ0) is 14.7. The summed E-state index contributed by atoms with van der Waals surface area (Å²) in [5, 5.41) is 11.1. The Morgan fingerprint density at radius 2 is 2.25 bits per heavy atom. The number of benzene rings is 1. The van der Waals surface area contributed by atoms with Gasteiger partial charge in [0.25, 0.3) is 5.69 Å². The summed E-state index contributed by atoms with van der Waals surface area (Å²) in [5.74, 6) is 0. The number of nitrogens with two attached hydrogens (primary N) is 1. The van der Waals surface area contributed by atoms with E-state index in [0.717, 1.165) is 25.2 Å². The summed E-state index contributed by atoms with van der Waals surface area (Å²) in [7, 11) is 2.08. The highest BCUT2D eigenvalue weighted by Gasteiger charge is 2.24. The maximum Gasteiger partial charge on any atom is 0.288 e. The molecule has 0 amide bonds. The average Bonchev–Trinajstić information content (AvgIpc) is 2.42. The topological polar surface area (TPSA) is 75.6 Å². The Kier molecular flexibility index (Phi) is 4.93. The first-order chi connectivity index (χ1) is 9.51. The molecule has 0 radical (unpaired) electrons. The lowest BCUT2D eigenvalue weighted by Crippen LogP contribution is -2.54. The van der Waals surface area contributed by atoms with Gasteiger partial charge >= 0.3 is 0 Å². The highest BCUT2D eigenvalue weighted by Crippen LogP contribution is 2.26. The highest BCUT2D eigenvalue weighted by atomic mass is 35.5. The molecule has 1 unspecified atom stereocenters. The summed E-state index contributed by atoms with van der Waals surface area (Å²) in [6.45, 7) is 4.06. The predicted molar refractivity (Wildman–Crippen MR) is 78.9 cm³/mol. The van der Waals surface area contributed by atoms with Crippen molar-refractivity contribution in [3.8, 4) is 0 Å². The Morgan fingerprint density at radius 1 is 1.50 bits per heavy atom. The van der Waals surface area contributed by atoms with Crippen LogP contribution in [0, 0.1) is 10.1 Å². The number of nitro benzene ring substituents is 1. The minimum Gasteiger partial charge on any atom is -0.329 e. The second kappa shape index (κ2) is 6.49. The zero-order valence-electron chi connectivity index (χ0n) is 11.5. The molecule has 1 atom stereocenters. The minimum absolute atomic E-state index is 0.0393. The first kappa shape index (κ1) is 15.2. The van der Waals surface area contributed by atoms with Gasteiger partial charge in [0.05, 0.1) is 4.92 Å². The van der Waals surface area contributed by atoms with Gasteiger partial charge < -0.3 is 10.6 Å². The highest BCUT2D eigenvalue weighted by molar-refractivity contribution is 6.32. The molecular weight excluding hydrogens is 280 g/mol. The first-order valence-corrected chi connectivity index (χ1v) is 6.94. The first-order valence-electron chi connectivity index (χ1n) is 6.56. The number of halogens is 1. The van der Waals surface area contributed by atoms with Gasteiger partial charge in [-0.05, 0) is 18.7 Å². The molecule has 20 heavy (non-hydrogen) atoms. The van der Waals surface area contributed by atoms with E-state index in [9.17, 15) is 10.1 Å². The van der Waals surface area contributed by atoms with Gasteiger partial charge in [-0.1, -0.05) is 17.7 Å². The van der Waals surface area contributed by atoms with Crippen LogP contribution < -0.4 is 5.73 Å². The lowest BCUT2D eigenvalue weighted by molar-refractivity contribution is -0.384.